The van der Waals surface area contributed by atoms with E-state index >= 15 is 0 Å². The summed E-state index contributed by atoms with van der Waals surface area (Å²) in [5, 5.41) is 0. The number of thioether (sulfide) groups is 1. The van der Waals surface area contributed by atoms with Crippen molar-refractivity contribution in [2.75, 3.05) is 11.5 Å². The van der Waals surface area contributed by atoms with Crippen LogP contribution in [-0.2, 0) is 0 Å². The molecular formula is C14H12I2S3. The van der Waals surface area contributed by atoms with Crippen LogP contribution in [0.4, 0.5) is 0 Å². The molecule has 0 saturated heterocycles. The van der Waals surface area contributed by atoms with Crippen LogP contribution < -0.4 is 0 Å². The van der Waals surface area contributed by atoms with Gasteiger partial charge in [-0.05, 0) is 93.4 Å². The SMILES string of the molecule is Cc1sc(I)cc1C1=C(c2cc(I)sc2C)CSC1. The molecule has 0 N–H and O–H groups in total. The van der Waals surface area contributed by atoms with Gasteiger partial charge in [0.2, 0.25) is 0 Å². The Hall–Kier alpha value is 0.950. The number of aryl methyl sites for hydroxylation is 2. The Morgan fingerprint density at radius 1 is 0.842 bits per heavy atom. The number of thiophene rings is 2. The van der Waals surface area contributed by atoms with Gasteiger partial charge in [0.25, 0.3) is 0 Å². The van der Waals surface area contributed by atoms with Crippen molar-refractivity contribution in [3.8, 4) is 0 Å². The van der Waals surface area contributed by atoms with Crippen LogP contribution in [0.25, 0.3) is 11.1 Å². The van der Waals surface area contributed by atoms with Crippen LogP contribution in [0.5, 0.6) is 0 Å². The lowest BCUT2D eigenvalue weighted by molar-refractivity contribution is 1.51. The van der Waals surface area contributed by atoms with Gasteiger partial charge in [-0.25, -0.2) is 0 Å². The van der Waals surface area contributed by atoms with E-state index in [0.29, 0.717) is 0 Å². The zero-order valence-corrected chi connectivity index (χ0v) is 17.3. The lowest BCUT2D eigenvalue weighted by atomic mass is 9.98. The van der Waals surface area contributed by atoms with Crippen LogP contribution >= 0.6 is 79.6 Å². The van der Waals surface area contributed by atoms with E-state index in [0.717, 1.165) is 11.5 Å². The number of hydrogen-bond donors (Lipinski definition) is 0. The Morgan fingerprint density at radius 3 is 1.58 bits per heavy atom. The maximum atomic E-state index is 2.44. The van der Waals surface area contributed by atoms with Crippen LogP contribution in [0.1, 0.15) is 20.9 Å². The molecule has 0 unspecified atom stereocenters. The molecule has 0 nitrogen and oxygen atoms in total. The lowest BCUT2D eigenvalue weighted by Gasteiger charge is -2.06. The molecule has 0 spiro atoms. The van der Waals surface area contributed by atoms with Crippen molar-refractivity contribution < 1.29 is 0 Å². The molecule has 1 aliphatic heterocycles. The molecule has 2 aromatic rings. The first-order valence-corrected chi connectivity index (χ1v) is 10.8. The van der Waals surface area contributed by atoms with Crippen molar-refractivity contribution in [1.29, 1.82) is 0 Å². The van der Waals surface area contributed by atoms with E-state index in [2.05, 4.69) is 71.2 Å². The molecule has 0 radical (unpaired) electrons. The minimum atomic E-state index is 1.16. The second-order valence-corrected chi connectivity index (χ2v) is 11.8. The largest absolute Gasteiger partial charge is 0.152 e. The lowest BCUT2D eigenvalue weighted by Crippen LogP contribution is -1.90. The third-order valence-corrected chi connectivity index (χ3v) is 7.89. The third-order valence-electron chi connectivity index (χ3n) is 3.28. The Labute approximate surface area is 153 Å². The monoisotopic (exact) mass is 530 g/mol. The molecule has 0 saturated carbocycles. The van der Waals surface area contributed by atoms with Gasteiger partial charge >= 0.3 is 0 Å². The fourth-order valence-electron chi connectivity index (χ4n) is 2.40. The predicted molar refractivity (Wildman–Crippen MR) is 108 cm³/mol. The molecule has 0 fully saturated rings. The molecule has 0 atom stereocenters. The highest BCUT2D eigenvalue weighted by Crippen LogP contribution is 2.43. The Bertz CT molecular complexity index is 608. The molecule has 0 amide bonds. The zero-order chi connectivity index (χ0) is 13.6. The average Bonchev–Trinajstić information content (AvgIpc) is 2.98. The van der Waals surface area contributed by atoms with E-state index in [1.165, 1.54) is 26.6 Å². The van der Waals surface area contributed by atoms with E-state index in [-0.39, 0.29) is 0 Å². The fourth-order valence-corrected chi connectivity index (χ4v) is 7.70. The van der Waals surface area contributed by atoms with Crippen molar-refractivity contribution in [2.24, 2.45) is 0 Å². The van der Waals surface area contributed by atoms with Crippen LogP contribution in [0.3, 0.4) is 0 Å². The highest BCUT2D eigenvalue weighted by molar-refractivity contribution is 14.1. The number of hydrogen-bond acceptors (Lipinski definition) is 3. The summed E-state index contributed by atoms with van der Waals surface area (Å²) in [6.07, 6.45) is 0. The smallest absolute Gasteiger partial charge is 0.0662 e. The van der Waals surface area contributed by atoms with Crippen molar-refractivity contribution >= 4 is 90.8 Å². The van der Waals surface area contributed by atoms with Crippen molar-refractivity contribution in [1.82, 2.24) is 0 Å². The maximum Gasteiger partial charge on any atom is 0.0662 e. The van der Waals surface area contributed by atoms with E-state index in [1.807, 2.05) is 34.4 Å². The van der Waals surface area contributed by atoms with Gasteiger partial charge in [-0.2, -0.15) is 11.8 Å². The summed E-state index contributed by atoms with van der Waals surface area (Å²) in [5.74, 6) is 2.32. The quantitative estimate of drug-likeness (QED) is 0.412. The predicted octanol–water partition coefficient (Wildman–Crippen LogP) is 6.29. The van der Waals surface area contributed by atoms with Crippen LogP contribution in [0, 0.1) is 19.6 Å². The van der Waals surface area contributed by atoms with Gasteiger partial charge in [0.15, 0.2) is 0 Å². The first kappa shape index (κ1) is 14.9. The first-order chi connectivity index (χ1) is 9.06. The second-order valence-electron chi connectivity index (χ2n) is 4.49. The minimum Gasteiger partial charge on any atom is -0.152 e. The molecule has 2 aromatic heterocycles. The van der Waals surface area contributed by atoms with Gasteiger partial charge in [-0.3, -0.25) is 0 Å². The summed E-state index contributed by atoms with van der Waals surface area (Å²) in [7, 11) is 0. The molecule has 5 heteroatoms. The number of rotatable bonds is 2. The molecule has 19 heavy (non-hydrogen) atoms. The maximum absolute atomic E-state index is 2.44. The van der Waals surface area contributed by atoms with Crippen molar-refractivity contribution in [3.05, 3.63) is 38.8 Å². The molecule has 0 aliphatic carbocycles. The van der Waals surface area contributed by atoms with E-state index < -0.39 is 0 Å². The third kappa shape index (κ3) is 2.95. The summed E-state index contributed by atoms with van der Waals surface area (Å²) in [4.78, 5) is 2.92. The second kappa shape index (κ2) is 5.98. The molecular weight excluding hydrogens is 518 g/mol. The Balaban J connectivity index is 2.15. The highest BCUT2D eigenvalue weighted by Gasteiger charge is 2.22. The average molecular weight is 530 g/mol. The fraction of sp³-hybridized carbons (Fsp3) is 0.286. The normalized spacial score (nSPS) is 15.6. The van der Waals surface area contributed by atoms with Crippen molar-refractivity contribution in [2.45, 2.75) is 13.8 Å². The van der Waals surface area contributed by atoms with E-state index in [1.54, 1.807) is 11.1 Å². The molecule has 3 heterocycles. The van der Waals surface area contributed by atoms with Gasteiger partial charge in [0.05, 0.1) is 5.77 Å². The van der Waals surface area contributed by atoms with Crippen molar-refractivity contribution in [3.63, 3.8) is 0 Å². The molecule has 0 bridgehead atoms. The summed E-state index contributed by atoms with van der Waals surface area (Å²) in [6.45, 7) is 4.50. The standard InChI is InChI=1S/C14H12I2S3/c1-7-9(3-13(15)18-7)11-5-17-6-12(11)10-4-14(16)19-8(10)2/h3-4H,5-6H2,1-2H3. The minimum absolute atomic E-state index is 1.16. The highest BCUT2D eigenvalue weighted by atomic mass is 127. The summed E-state index contributed by atoms with van der Waals surface area (Å²) in [5.41, 5.74) is 6.10. The van der Waals surface area contributed by atoms with Crippen LogP contribution in [0.15, 0.2) is 12.1 Å². The zero-order valence-electron chi connectivity index (χ0n) is 10.5. The topological polar surface area (TPSA) is 0 Å². The first-order valence-electron chi connectivity index (χ1n) is 5.88. The Morgan fingerprint density at radius 2 is 1.26 bits per heavy atom. The Kier molecular flexibility index (Phi) is 4.68. The summed E-state index contributed by atoms with van der Waals surface area (Å²) < 4.78 is 2.79. The van der Waals surface area contributed by atoms with Gasteiger partial charge in [-0.1, -0.05) is 0 Å². The van der Waals surface area contributed by atoms with Crippen LogP contribution in [0.2, 0.25) is 0 Å². The summed E-state index contributed by atoms with van der Waals surface area (Å²) in [6, 6.07) is 4.71. The molecule has 3 rings (SSSR count). The number of halogens is 2. The van der Waals surface area contributed by atoms with Gasteiger partial charge in [0.1, 0.15) is 0 Å². The van der Waals surface area contributed by atoms with E-state index in [9.17, 15) is 0 Å². The molecule has 1 aliphatic rings. The van der Waals surface area contributed by atoms with Gasteiger partial charge in [0, 0.05) is 21.3 Å². The van der Waals surface area contributed by atoms with Crippen LogP contribution in [-0.4, -0.2) is 11.5 Å². The van der Waals surface area contributed by atoms with Gasteiger partial charge in [-0.15, -0.1) is 22.7 Å². The van der Waals surface area contributed by atoms with Gasteiger partial charge < -0.3 is 0 Å². The molecule has 100 valence electrons. The molecule has 0 aromatic carbocycles. The van der Waals surface area contributed by atoms with E-state index in [4.69, 9.17) is 0 Å². The summed E-state index contributed by atoms with van der Waals surface area (Å²) >= 11 is 10.7.